The van der Waals surface area contributed by atoms with Gasteiger partial charge in [-0.1, -0.05) is 6.07 Å². The number of rotatable bonds is 4. The highest BCUT2D eigenvalue weighted by Crippen LogP contribution is 2.18. The van der Waals surface area contributed by atoms with Gasteiger partial charge in [-0.05, 0) is 38.5 Å². The van der Waals surface area contributed by atoms with Gasteiger partial charge in [0, 0.05) is 12.1 Å². The molecule has 0 unspecified atom stereocenters. The molecule has 0 spiro atoms. The van der Waals surface area contributed by atoms with Gasteiger partial charge in [-0.25, -0.2) is 17.5 Å². The summed E-state index contributed by atoms with van der Waals surface area (Å²) in [6.07, 6.45) is 0. The van der Waals surface area contributed by atoms with Crippen LogP contribution < -0.4 is 10.5 Å². The molecule has 0 aliphatic heterocycles. The van der Waals surface area contributed by atoms with Gasteiger partial charge in [0.25, 0.3) is 0 Å². The average Bonchev–Trinajstić information content (AvgIpc) is 2.20. The molecule has 0 bridgehead atoms. The van der Waals surface area contributed by atoms with Crippen LogP contribution in [0.3, 0.4) is 0 Å². The quantitative estimate of drug-likeness (QED) is 0.853. The third-order valence-corrected chi connectivity index (χ3v) is 4.20. The van der Waals surface area contributed by atoms with Crippen molar-refractivity contribution < 1.29 is 12.8 Å². The van der Waals surface area contributed by atoms with Gasteiger partial charge >= 0.3 is 0 Å². The molecular formula is C11H17FN2O2S. The number of nitrogens with two attached hydrogens (primary N) is 1. The first-order valence-electron chi connectivity index (χ1n) is 5.18. The van der Waals surface area contributed by atoms with Gasteiger partial charge in [0.2, 0.25) is 10.0 Å². The highest BCUT2D eigenvalue weighted by atomic mass is 32.2. The van der Waals surface area contributed by atoms with Gasteiger partial charge in [0.15, 0.2) is 0 Å². The van der Waals surface area contributed by atoms with Crippen LogP contribution in [0.1, 0.15) is 19.4 Å². The first-order chi connectivity index (χ1) is 7.68. The summed E-state index contributed by atoms with van der Waals surface area (Å²) in [6, 6.07) is 3.66. The number of hydrogen-bond donors (Lipinski definition) is 2. The molecule has 0 aliphatic carbocycles. The molecule has 0 amide bonds. The Morgan fingerprint density at radius 1 is 1.41 bits per heavy atom. The number of sulfonamides is 1. The fourth-order valence-electron chi connectivity index (χ4n) is 1.32. The van der Waals surface area contributed by atoms with E-state index in [2.05, 4.69) is 4.72 Å². The fourth-order valence-corrected chi connectivity index (χ4v) is 3.00. The Morgan fingerprint density at radius 3 is 2.53 bits per heavy atom. The molecule has 0 fully saturated rings. The minimum absolute atomic E-state index is 0.0565. The van der Waals surface area contributed by atoms with Crippen molar-refractivity contribution in [3.8, 4) is 0 Å². The van der Waals surface area contributed by atoms with Gasteiger partial charge in [0.1, 0.15) is 5.82 Å². The third-order valence-electron chi connectivity index (χ3n) is 2.36. The second-order valence-electron chi connectivity index (χ2n) is 4.60. The molecule has 1 aromatic carbocycles. The van der Waals surface area contributed by atoms with Gasteiger partial charge in [-0.3, -0.25) is 0 Å². The smallest absolute Gasteiger partial charge is 0.241 e. The van der Waals surface area contributed by atoms with Crippen molar-refractivity contribution in [2.24, 2.45) is 5.73 Å². The topological polar surface area (TPSA) is 72.2 Å². The van der Waals surface area contributed by atoms with E-state index in [1.807, 2.05) is 0 Å². The molecule has 4 nitrogen and oxygen atoms in total. The molecule has 1 aromatic rings. The molecule has 0 heterocycles. The lowest BCUT2D eigenvalue weighted by Crippen LogP contribution is -2.48. The first-order valence-corrected chi connectivity index (χ1v) is 6.66. The summed E-state index contributed by atoms with van der Waals surface area (Å²) in [7, 11) is -3.75. The summed E-state index contributed by atoms with van der Waals surface area (Å²) >= 11 is 0. The van der Waals surface area contributed by atoms with E-state index in [0.29, 0.717) is 5.56 Å². The van der Waals surface area contributed by atoms with E-state index >= 15 is 0 Å². The first kappa shape index (κ1) is 14.1. The van der Waals surface area contributed by atoms with Crippen molar-refractivity contribution in [3.63, 3.8) is 0 Å². The molecule has 0 aromatic heterocycles. The molecule has 96 valence electrons. The lowest BCUT2D eigenvalue weighted by molar-refractivity contribution is 0.462. The highest BCUT2D eigenvalue weighted by molar-refractivity contribution is 7.89. The Hall–Kier alpha value is -0.980. The van der Waals surface area contributed by atoms with Crippen LogP contribution in [0.25, 0.3) is 0 Å². The van der Waals surface area contributed by atoms with Gasteiger partial charge in [-0.2, -0.15) is 0 Å². The second-order valence-corrected chi connectivity index (χ2v) is 6.25. The zero-order valence-corrected chi connectivity index (χ0v) is 10.9. The van der Waals surface area contributed by atoms with Crippen LogP contribution in [0.15, 0.2) is 23.1 Å². The minimum atomic E-state index is -3.75. The standard InChI is InChI=1S/C11H17FN2O2S/c1-8-4-5-9(12)6-10(8)17(15,16)14-11(2,3)7-13/h4-6,14H,7,13H2,1-3H3. The summed E-state index contributed by atoms with van der Waals surface area (Å²) < 4.78 is 39.6. The van der Waals surface area contributed by atoms with E-state index in [0.717, 1.165) is 6.07 Å². The maximum Gasteiger partial charge on any atom is 0.241 e. The Bertz CT molecular complexity index is 512. The monoisotopic (exact) mass is 260 g/mol. The van der Waals surface area contributed by atoms with Crippen molar-refractivity contribution in [1.29, 1.82) is 0 Å². The number of halogens is 1. The van der Waals surface area contributed by atoms with Crippen molar-refractivity contribution in [1.82, 2.24) is 4.72 Å². The number of hydrogen-bond acceptors (Lipinski definition) is 3. The van der Waals surface area contributed by atoms with E-state index in [1.165, 1.54) is 12.1 Å². The molecule has 0 saturated heterocycles. The summed E-state index contributed by atoms with van der Waals surface area (Å²) in [5.41, 5.74) is 5.18. The van der Waals surface area contributed by atoms with Gasteiger partial charge < -0.3 is 5.73 Å². The predicted molar refractivity (Wildman–Crippen MR) is 64.6 cm³/mol. The van der Waals surface area contributed by atoms with Crippen LogP contribution in [-0.4, -0.2) is 20.5 Å². The Morgan fingerprint density at radius 2 is 2.00 bits per heavy atom. The highest BCUT2D eigenvalue weighted by Gasteiger charge is 2.26. The van der Waals surface area contributed by atoms with Crippen LogP contribution in [-0.2, 0) is 10.0 Å². The number of aryl methyl sites for hydroxylation is 1. The molecule has 17 heavy (non-hydrogen) atoms. The normalized spacial score (nSPS) is 12.8. The summed E-state index contributed by atoms with van der Waals surface area (Å²) in [4.78, 5) is -0.0565. The van der Waals surface area contributed by atoms with Gasteiger partial charge in [-0.15, -0.1) is 0 Å². The summed E-state index contributed by atoms with van der Waals surface area (Å²) in [5.74, 6) is -0.582. The Labute approximate surface area is 101 Å². The minimum Gasteiger partial charge on any atom is -0.329 e. The molecule has 1 rings (SSSR count). The van der Waals surface area contributed by atoms with E-state index in [9.17, 15) is 12.8 Å². The molecule has 0 radical (unpaired) electrons. The van der Waals surface area contributed by atoms with Crippen molar-refractivity contribution in [3.05, 3.63) is 29.6 Å². The maximum atomic E-state index is 13.1. The maximum absolute atomic E-state index is 13.1. The van der Waals surface area contributed by atoms with Crippen LogP contribution >= 0.6 is 0 Å². The van der Waals surface area contributed by atoms with Gasteiger partial charge in [0.05, 0.1) is 4.90 Å². The van der Waals surface area contributed by atoms with Crippen LogP contribution in [0.2, 0.25) is 0 Å². The zero-order chi connectivity index (χ0) is 13.3. The lowest BCUT2D eigenvalue weighted by atomic mass is 10.1. The van der Waals surface area contributed by atoms with E-state index in [1.54, 1.807) is 20.8 Å². The third kappa shape index (κ3) is 3.49. The summed E-state index contributed by atoms with van der Waals surface area (Å²) in [5, 5.41) is 0. The van der Waals surface area contributed by atoms with Crippen molar-refractivity contribution in [2.45, 2.75) is 31.2 Å². The van der Waals surface area contributed by atoms with Crippen LogP contribution in [0, 0.1) is 12.7 Å². The number of benzene rings is 1. The SMILES string of the molecule is Cc1ccc(F)cc1S(=O)(=O)NC(C)(C)CN. The largest absolute Gasteiger partial charge is 0.329 e. The zero-order valence-electron chi connectivity index (χ0n) is 10.1. The second kappa shape index (κ2) is 4.72. The molecule has 3 N–H and O–H groups in total. The Balaban J connectivity index is 3.18. The van der Waals surface area contributed by atoms with E-state index < -0.39 is 21.4 Å². The molecular weight excluding hydrogens is 243 g/mol. The molecule has 6 heteroatoms. The Kier molecular flexibility index (Phi) is 3.91. The molecule has 0 aliphatic rings. The van der Waals surface area contributed by atoms with Crippen molar-refractivity contribution >= 4 is 10.0 Å². The lowest BCUT2D eigenvalue weighted by Gasteiger charge is -2.24. The van der Waals surface area contributed by atoms with Crippen molar-refractivity contribution in [2.75, 3.05) is 6.54 Å². The molecule has 0 atom stereocenters. The average molecular weight is 260 g/mol. The van der Waals surface area contributed by atoms with E-state index in [4.69, 9.17) is 5.73 Å². The van der Waals surface area contributed by atoms with Crippen LogP contribution in [0.5, 0.6) is 0 Å². The number of nitrogens with one attached hydrogen (secondary N) is 1. The molecule has 0 saturated carbocycles. The van der Waals surface area contributed by atoms with E-state index in [-0.39, 0.29) is 11.4 Å². The summed E-state index contributed by atoms with van der Waals surface area (Å²) in [6.45, 7) is 5.10. The predicted octanol–water partition coefficient (Wildman–Crippen LogP) is 1.15. The van der Waals surface area contributed by atoms with Crippen LogP contribution in [0.4, 0.5) is 4.39 Å². The fraction of sp³-hybridized carbons (Fsp3) is 0.455.